The van der Waals surface area contributed by atoms with E-state index in [0.717, 1.165) is 32.1 Å². The molecule has 1 unspecified atom stereocenters. The van der Waals surface area contributed by atoms with E-state index in [4.69, 9.17) is 0 Å². The summed E-state index contributed by atoms with van der Waals surface area (Å²) in [6.45, 7) is 0.244. The van der Waals surface area contributed by atoms with E-state index < -0.39 is 5.41 Å². The molecule has 0 spiro atoms. The van der Waals surface area contributed by atoms with Gasteiger partial charge in [-0.15, -0.1) is 0 Å². The van der Waals surface area contributed by atoms with Crippen LogP contribution in [0.4, 0.5) is 0 Å². The molecule has 0 radical (unpaired) electrons. The van der Waals surface area contributed by atoms with Gasteiger partial charge < -0.3 is 25.5 Å². The lowest BCUT2D eigenvalue weighted by Gasteiger charge is -2.56. The van der Waals surface area contributed by atoms with Crippen molar-refractivity contribution in [1.29, 1.82) is 0 Å². The lowest BCUT2D eigenvalue weighted by molar-refractivity contribution is -0.100. The van der Waals surface area contributed by atoms with Crippen molar-refractivity contribution >= 4 is 0 Å². The third-order valence-electron chi connectivity index (χ3n) is 11.6. The maximum Gasteiger partial charge on any atom is 0.0436 e. The van der Waals surface area contributed by atoms with Crippen molar-refractivity contribution in [3.8, 4) is 0 Å². The smallest absolute Gasteiger partial charge is 0.0436 e. The number of hydrogen-bond donors (Lipinski definition) is 5. The molecule has 0 bridgehead atoms. The van der Waals surface area contributed by atoms with Crippen molar-refractivity contribution in [2.45, 2.75) is 199 Å². The minimum Gasteiger partial charge on any atom is -0.396 e. The average molecular weight is 627 g/mol. The number of aliphatic hydroxyl groups is 5. The van der Waals surface area contributed by atoms with Crippen molar-refractivity contribution in [2.24, 2.45) is 16.7 Å². The van der Waals surface area contributed by atoms with Crippen molar-refractivity contribution in [2.75, 3.05) is 33.0 Å². The number of hydrogen-bond acceptors (Lipinski definition) is 5. The molecule has 0 aromatic heterocycles. The molecule has 0 aliphatic heterocycles. The molecule has 5 N–H and O–H groups in total. The SMILES string of the molecule is OCCC1CCCCCCCCCCCCCCCCCCCCCCCCCCC(CCO)(CCO)C1(CCO)CCO. The molecule has 5 heteroatoms. The lowest BCUT2D eigenvalue weighted by Crippen LogP contribution is -2.50. The highest BCUT2D eigenvalue weighted by Crippen LogP contribution is 2.59. The fraction of sp³-hybridized carbons (Fsp3) is 1.00. The Morgan fingerprint density at radius 3 is 0.932 bits per heavy atom. The van der Waals surface area contributed by atoms with E-state index in [1.807, 2.05) is 0 Å². The second-order valence-corrected chi connectivity index (χ2v) is 14.6. The van der Waals surface area contributed by atoms with Crippen LogP contribution in [0.5, 0.6) is 0 Å². The zero-order valence-electron chi connectivity index (χ0n) is 29.3. The van der Waals surface area contributed by atoms with Gasteiger partial charge in [0.2, 0.25) is 0 Å². The minimum atomic E-state index is -0.411. The quantitative estimate of drug-likeness (QED) is 0.166. The summed E-state index contributed by atoms with van der Waals surface area (Å²) < 4.78 is 0. The Morgan fingerprint density at radius 1 is 0.341 bits per heavy atom. The molecule has 1 aliphatic rings. The van der Waals surface area contributed by atoms with Crippen molar-refractivity contribution in [3.63, 3.8) is 0 Å². The van der Waals surface area contributed by atoms with Gasteiger partial charge in [0.25, 0.3) is 0 Å². The summed E-state index contributed by atoms with van der Waals surface area (Å²) in [7, 11) is 0. The van der Waals surface area contributed by atoms with Gasteiger partial charge in [-0.1, -0.05) is 154 Å². The van der Waals surface area contributed by atoms with Crippen LogP contribution in [0.1, 0.15) is 199 Å². The number of aliphatic hydroxyl groups excluding tert-OH is 5. The molecule has 264 valence electrons. The van der Waals surface area contributed by atoms with Crippen LogP contribution < -0.4 is 0 Å². The first-order valence-corrected chi connectivity index (χ1v) is 19.7. The van der Waals surface area contributed by atoms with Crippen LogP contribution in [0.2, 0.25) is 0 Å². The third kappa shape index (κ3) is 17.1. The summed E-state index contributed by atoms with van der Waals surface area (Å²) >= 11 is 0. The number of rotatable bonds is 10. The summed E-state index contributed by atoms with van der Waals surface area (Å²) in [5.41, 5.74) is -0.768. The molecule has 1 aliphatic carbocycles. The van der Waals surface area contributed by atoms with E-state index >= 15 is 0 Å². The fourth-order valence-corrected chi connectivity index (χ4v) is 9.04. The molecule has 1 rings (SSSR count). The maximum atomic E-state index is 10.4. The summed E-state index contributed by atoms with van der Waals surface area (Å²) in [6, 6.07) is 0. The summed E-state index contributed by atoms with van der Waals surface area (Å²) in [6.07, 6.45) is 36.5. The molecule has 0 heterocycles. The van der Waals surface area contributed by atoms with Gasteiger partial charge in [0, 0.05) is 33.0 Å². The average Bonchev–Trinajstić information content (AvgIpc) is 3.01. The van der Waals surface area contributed by atoms with Gasteiger partial charge in [-0.25, -0.2) is 0 Å². The molecular formula is C39H78O5. The summed E-state index contributed by atoms with van der Waals surface area (Å²) in [4.78, 5) is 0. The normalized spacial score (nSPS) is 24.1. The molecule has 1 fully saturated rings. The third-order valence-corrected chi connectivity index (χ3v) is 11.6. The van der Waals surface area contributed by atoms with Crippen molar-refractivity contribution in [3.05, 3.63) is 0 Å². The van der Waals surface area contributed by atoms with E-state index in [0.29, 0.717) is 32.1 Å². The fourth-order valence-electron chi connectivity index (χ4n) is 9.04. The van der Waals surface area contributed by atoms with E-state index in [9.17, 15) is 25.5 Å². The van der Waals surface area contributed by atoms with E-state index in [1.165, 1.54) is 135 Å². The zero-order valence-corrected chi connectivity index (χ0v) is 29.3. The molecule has 5 nitrogen and oxygen atoms in total. The highest BCUT2D eigenvalue weighted by atomic mass is 16.3. The highest BCUT2D eigenvalue weighted by molar-refractivity contribution is 5.01. The van der Waals surface area contributed by atoms with Crippen molar-refractivity contribution < 1.29 is 25.5 Å². The van der Waals surface area contributed by atoms with E-state index in [1.54, 1.807) is 0 Å². The van der Waals surface area contributed by atoms with Crippen LogP contribution in [0.3, 0.4) is 0 Å². The first kappa shape index (κ1) is 41.8. The summed E-state index contributed by atoms with van der Waals surface area (Å²) in [5, 5.41) is 51.7. The molecule has 0 amide bonds. The Balaban J connectivity index is 2.97. The van der Waals surface area contributed by atoms with Gasteiger partial charge in [-0.2, -0.15) is 0 Å². The lowest BCUT2D eigenvalue weighted by atomic mass is 9.49. The minimum absolute atomic E-state index is 0.0283. The van der Waals surface area contributed by atoms with Gasteiger partial charge >= 0.3 is 0 Å². The van der Waals surface area contributed by atoms with Gasteiger partial charge in [0.1, 0.15) is 0 Å². The van der Waals surface area contributed by atoms with Gasteiger partial charge in [0.05, 0.1) is 0 Å². The first-order valence-electron chi connectivity index (χ1n) is 19.7. The van der Waals surface area contributed by atoms with Gasteiger partial charge in [0.15, 0.2) is 0 Å². The van der Waals surface area contributed by atoms with Crippen LogP contribution in [-0.4, -0.2) is 58.6 Å². The van der Waals surface area contributed by atoms with Crippen LogP contribution >= 0.6 is 0 Å². The van der Waals surface area contributed by atoms with E-state index in [-0.39, 0.29) is 44.4 Å². The highest BCUT2D eigenvalue weighted by Gasteiger charge is 2.52. The topological polar surface area (TPSA) is 101 Å². The Morgan fingerprint density at radius 2 is 0.636 bits per heavy atom. The monoisotopic (exact) mass is 627 g/mol. The molecular weight excluding hydrogens is 548 g/mol. The van der Waals surface area contributed by atoms with Crippen LogP contribution in [0, 0.1) is 16.7 Å². The van der Waals surface area contributed by atoms with Gasteiger partial charge in [-0.3, -0.25) is 0 Å². The molecule has 0 aromatic carbocycles. The molecule has 0 saturated heterocycles. The Labute approximate surface area is 274 Å². The molecule has 0 aromatic rings. The second-order valence-electron chi connectivity index (χ2n) is 14.6. The predicted octanol–water partition coefficient (Wildman–Crippen LogP) is 9.64. The largest absolute Gasteiger partial charge is 0.396 e. The second kappa shape index (κ2) is 29.0. The zero-order chi connectivity index (χ0) is 32.0. The Bertz CT molecular complexity index is 585. The summed E-state index contributed by atoms with van der Waals surface area (Å²) in [5.74, 6) is 0.154. The molecule has 44 heavy (non-hydrogen) atoms. The van der Waals surface area contributed by atoms with E-state index in [2.05, 4.69) is 0 Å². The maximum absolute atomic E-state index is 10.4. The standard InChI is InChI=1S/C39H78O5/c40-32-26-37-25-23-21-19-17-15-13-11-9-7-5-3-1-2-4-6-8-10-12-14-16-18-20-22-24-27-38(28-33-41,29-34-42)39(37,30-35-43)31-36-44/h37,40-44H,1-36H2. The van der Waals surface area contributed by atoms with Crippen LogP contribution in [0.15, 0.2) is 0 Å². The Hall–Kier alpha value is -0.200. The first-order chi connectivity index (χ1) is 21.7. The van der Waals surface area contributed by atoms with Crippen LogP contribution in [0.25, 0.3) is 0 Å². The predicted molar refractivity (Wildman–Crippen MR) is 187 cm³/mol. The molecule has 1 atom stereocenters. The van der Waals surface area contributed by atoms with Crippen LogP contribution in [-0.2, 0) is 0 Å². The van der Waals surface area contributed by atoms with Gasteiger partial charge in [-0.05, 0) is 61.7 Å². The Kier molecular flexibility index (Phi) is 27.5. The van der Waals surface area contributed by atoms with Crippen molar-refractivity contribution in [1.82, 2.24) is 0 Å². The molecule has 1 saturated carbocycles.